The average Bonchev–Trinajstić information content (AvgIpc) is 2.92. The molecule has 0 amide bonds. The second-order valence-corrected chi connectivity index (χ2v) is 11.1. The van der Waals surface area contributed by atoms with Crippen molar-refractivity contribution in [3.8, 4) is 0 Å². The molecule has 0 aliphatic carbocycles. The molecule has 0 radical (unpaired) electrons. The lowest BCUT2D eigenvalue weighted by atomic mass is 10.1. The Labute approximate surface area is 207 Å². The Morgan fingerprint density at radius 1 is 0.914 bits per heavy atom. The fourth-order valence-corrected chi connectivity index (χ4v) is 6.24. The minimum Gasteiger partial charge on any atom is -0.378 e. The van der Waals surface area contributed by atoms with Gasteiger partial charge in [0.2, 0.25) is 10.0 Å². The van der Waals surface area contributed by atoms with Crippen LogP contribution < -0.4 is 4.90 Å². The lowest BCUT2D eigenvalue weighted by Gasteiger charge is -2.37. The third kappa shape index (κ3) is 4.91. The SMILES string of the molecule is CCc1ccc(S(=O)(=O)N2CCN([C@H](C)c3nc(N4CCOCC4)c4ccccc4n3)CC2)cc1. The Kier molecular flexibility index (Phi) is 7.02. The molecule has 2 aliphatic heterocycles. The van der Waals surface area contributed by atoms with Crippen molar-refractivity contribution >= 4 is 26.7 Å². The summed E-state index contributed by atoms with van der Waals surface area (Å²) in [5, 5.41) is 1.05. The molecule has 2 aromatic carbocycles. The number of aryl methyl sites for hydroxylation is 1. The molecule has 5 rings (SSSR count). The molecule has 3 heterocycles. The average molecular weight is 496 g/mol. The quantitative estimate of drug-likeness (QED) is 0.520. The first kappa shape index (κ1) is 24.1. The Morgan fingerprint density at radius 3 is 2.29 bits per heavy atom. The standard InChI is InChI=1S/C26H33N5O3S/c1-3-21-8-10-22(11-9-21)35(32,33)31-14-12-29(13-15-31)20(2)25-27-24-7-5-4-6-23(24)26(28-25)30-16-18-34-19-17-30/h4-11,20H,3,12-19H2,1-2H3/t20-/m1/s1. The van der Waals surface area contributed by atoms with Crippen LogP contribution in [-0.2, 0) is 21.2 Å². The van der Waals surface area contributed by atoms with Gasteiger partial charge in [0.15, 0.2) is 0 Å². The fraction of sp³-hybridized carbons (Fsp3) is 0.462. The van der Waals surface area contributed by atoms with Crippen LogP contribution in [0.3, 0.4) is 0 Å². The monoisotopic (exact) mass is 495 g/mol. The van der Waals surface area contributed by atoms with E-state index in [0.29, 0.717) is 44.3 Å². The number of hydrogen-bond acceptors (Lipinski definition) is 7. The summed E-state index contributed by atoms with van der Waals surface area (Å²) in [6, 6.07) is 15.4. The highest BCUT2D eigenvalue weighted by Gasteiger charge is 2.31. The van der Waals surface area contributed by atoms with Gasteiger partial charge in [0.25, 0.3) is 0 Å². The summed E-state index contributed by atoms with van der Waals surface area (Å²) in [4.78, 5) is 14.8. The Balaban J connectivity index is 1.33. The van der Waals surface area contributed by atoms with Crippen LogP contribution in [0.4, 0.5) is 5.82 Å². The van der Waals surface area contributed by atoms with Gasteiger partial charge in [-0.2, -0.15) is 4.31 Å². The summed E-state index contributed by atoms with van der Waals surface area (Å²) in [7, 11) is -3.49. The molecule has 1 aromatic heterocycles. The van der Waals surface area contributed by atoms with Gasteiger partial charge >= 0.3 is 0 Å². The van der Waals surface area contributed by atoms with Crippen LogP contribution in [0, 0.1) is 0 Å². The van der Waals surface area contributed by atoms with Gasteiger partial charge in [0, 0.05) is 44.7 Å². The first-order valence-electron chi connectivity index (χ1n) is 12.4. The van der Waals surface area contributed by atoms with E-state index in [1.807, 2.05) is 30.3 Å². The molecule has 0 saturated carbocycles. The normalized spacial score (nSPS) is 19.2. The third-order valence-electron chi connectivity index (χ3n) is 7.08. The zero-order valence-corrected chi connectivity index (χ0v) is 21.2. The van der Waals surface area contributed by atoms with Crippen LogP contribution in [0.15, 0.2) is 53.4 Å². The van der Waals surface area contributed by atoms with E-state index in [-0.39, 0.29) is 6.04 Å². The number of piperazine rings is 1. The molecule has 8 nitrogen and oxygen atoms in total. The number of benzene rings is 2. The second-order valence-electron chi connectivity index (χ2n) is 9.14. The molecule has 9 heteroatoms. The zero-order chi connectivity index (χ0) is 24.4. The van der Waals surface area contributed by atoms with Gasteiger partial charge in [0.05, 0.1) is 29.7 Å². The Hall–Kier alpha value is -2.59. The Morgan fingerprint density at radius 2 is 1.60 bits per heavy atom. The molecule has 3 aromatic rings. The minimum absolute atomic E-state index is 0.0203. The largest absolute Gasteiger partial charge is 0.378 e. The fourth-order valence-electron chi connectivity index (χ4n) is 4.82. The molecule has 0 spiro atoms. The van der Waals surface area contributed by atoms with E-state index in [9.17, 15) is 8.42 Å². The van der Waals surface area contributed by atoms with Gasteiger partial charge < -0.3 is 9.64 Å². The van der Waals surface area contributed by atoms with Gasteiger partial charge in [-0.1, -0.05) is 31.2 Å². The first-order valence-corrected chi connectivity index (χ1v) is 13.8. The van der Waals surface area contributed by atoms with E-state index < -0.39 is 10.0 Å². The van der Waals surface area contributed by atoms with E-state index in [0.717, 1.165) is 47.6 Å². The van der Waals surface area contributed by atoms with Crippen molar-refractivity contribution in [2.45, 2.75) is 31.2 Å². The number of aromatic nitrogens is 2. The second kappa shape index (κ2) is 10.2. The van der Waals surface area contributed by atoms with Crippen molar-refractivity contribution in [3.63, 3.8) is 0 Å². The van der Waals surface area contributed by atoms with Crippen molar-refractivity contribution in [3.05, 3.63) is 59.9 Å². The number of ether oxygens (including phenoxy) is 1. The summed E-state index contributed by atoms with van der Waals surface area (Å²) in [5.41, 5.74) is 2.07. The van der Waals surface area contributed by atoms with E-state index in [1.54, 1.807) is 16.4 Å². The maximum absolute atomic E-state index is 13.2. The summed E-state index contributed by atoms with van der Waals surface area (Å²) in [6.45, 7) is 9.36. The molecule has 2 fully saturated rings. The smallest absolute Gasteiger partial charge is 0.243 e. The van der Waals surface area contributed by atoms with Crippen molar-refractivity contribution in [2.75, 3.05) is 57.4 Å². The molecule has 2 saturated heterocycles. The van der Waals surface area contributed by atoms with Gasteiger partial charge in [-0.3, -0.25) is 4.90 Å². The molecule has 0 bridgehead atoms. The van der Waals surface area contributed by atoms with Crippen LogP contribution in [0.25, 0.3) is 10.9 Å². The van der Waals surface area contributed by atoms with E-state index >= 15 is 0 Å². The summed E-state index contributed by atoms with van der Waals surface area (Å²) in [6.07, 6.45) is 0.890. The molecule has 186 valence electrons. The summed E-state index contributed by atoms with van der Waals surface area (Å²) >= 11 is 0. The maximum Gasteiger partial charge on any atom is 0.243 e. The van der Waals surface area contributed by atoms with Crippen LogP contribution in [0.2, 0.25) is 0 Å². The Bertz CT molecular complexity index is 1270. The molecule has 1 atom stereocenters. The molecule has 2 aliphatic rings. The zero-order valence-electron chi connectivity index (χ0n) is 20.4. The maximum atomic E-state index is 13.2. The van der Waals surface area contributed by atoms with Crippen LogP contribution in [0.5, 0.6) is 0 Å². The number of anilines is 1. The number of sulfonamides is 1. The highest BCUT2D eigenvalue weighted by atomic mass is 32.2. The summed E-state index contributed by atoms with van der Waals surface area (Å²) < 4.78 is 33.5. The van der Waals surface area contributed by atoms with E-state index in [2.05, 4.69) is 29.7 Å². The predicted octanol–water partition coefficient (Wildman–Crippen LogP) is 3.10. The lowest BCUT2D eigenvalue weighted by molar-refractivity contribution is 0.122. The number of rotatable bonds is 6. The molecule has 0 unspecified atom stereocenters. The van der Waals surface area contributed by atoms with Crippen LogP contribution in [0.1, 0.15) is 31.3 Å². The number of nitrogens with zero attached hydrogens (tertiary/aromatic N) is 5. The summed E-state index contributed by atoms with van der Waals surface area (Å²) in [5.74, 6) is 1.73. The minimum atomic E-state index is -3.49. The molecule has 0 N–H and O–H groups in total. The lowest BCUT2D eigenvalue weighted by Crippen LogP contribution is -2.49. The van der Waals surface area contributed by atoms with Gasteiger partial charge in [-0.15, -0.1) is 0 Å². The highest BCUT2D eigenvalue weighted by Crippen LogP contribution is 2.29. The topological polar surface area (TPSA) is 78.9 Å². The van der Waals surface area contributed by atoms with Crippen molar-refractivity contribution in [1.29, 1.82) is 0 Å². The molecular weight excluding hydrogens is 462 g/mol. The number of fused-ring (bicyclic) bond motifs is 1. The third-order valence-corrected chi connectivity index (χ3v) is 8.99. The first-order chi connectivity index (χ1) is 17.0. The molecule has 35 heavy (non-hydrogen) atoms. The van der Waals surface area contributed by atoms with E-state index in [4.69, 9.17) is 14.7 Å². The van der Waals surface area contributed by atoms with Gasteiger partial charge in [-0.05, 0) is 43.2 Å². The van der Waals surface area contributed by atoms with E-state index in [1.165, 1.54) is 0 Å². The predicted molar refractivity (Wildman–Crippen MR) is 137 cm³/mol. The van der Waals surface area contributed by atoms with Crippen molar-refractivity contribution in [1.82, 2.24) is 19.2 Å². The van der Waals surface area contributed by atoms with Crippen LogP contribution >= 0.6 is 0 Å². The number of para-hydroxylation sites is 1. The number of hydrogen-bond donors (Lipinski definition) is 0. The van der Waals surface area contributed by atoms with Crippen molar-refractivity contribution in [2.24, 2.45) is 0 Å². The van der Waals surface area contributed by atoms with Gasteiger partial charge in [0.1, 0.15) is 11.6 Å². The molecular formula is C26H33N5O3S. The van der Waals surface area contributed by atoms with Crippen LogP contribution in [-0.4, -0.2) is 80.1 Å². The highest BCUT2D eigenvalue weighted by molar-refractivity contribution is 7.89. The number of morpholine rings is 1. The van der Waals surface area contributed by atoms with Gasteiger partial charge in [-0.25, -0.2) is 18.4 Å². The van der Waals surface area contributed by atoms with Crippen molar-refractivity contribution < 1.29 is 13.2 Å².